The first kappa shape index (κ1) is 16.5. The highest BCUT2D eigenvalue weighted by Crippen LogP contribution is 2.67. The van der Waals surface area contributed by atoms with Crippen LogP contribution in [0.5, 0.6) is 5.75 Å². The highest BCUT2D eigenvalue weighted by molar-refractivity contribution is 6.51. The Balaban J connectivity index is 1.39. The molecule has 4 atom stereocenters. The van der Waals surface area contributed by atoms with E-state index in [0.717, 1.165) is 37.1 Å². The molecular formula is C19H23Cl2NO2. The van der Waals surface area contributed by atoms with Gasteiger partial charge in [-0.25, -0.2) is 0 Å². The number of rotatable bonds is 4. The van der Waals surface area contributed by atoms with E-state index in [-0.39, 0.29) is 11.8 Å². The molecule has 3 aliphatic rings. The van der Waals surface area contributed by atoms with Crippen LogP contribution >= 0.6 is 23.2 Å². The molecule has 0 aliphatic heterocycles. The molecule has 3 nitrogen and oxygen atoms in total. The van der Waals surface area contributed by atoms with Gasteiger partial charge >= 0.3 is 0 Å². The highest BCUT2D eigenvalue weighted by Gasteiger charge is 2.65. The SMILES string of the molecule is CCOc1ccccc1NC(=O)C1[C@@H]2CC[C@@H]3[C@@H](CC[C@@H]12)C3(Cl)Cl. The Hall–Kier alpha value is -0.930. The second-order valence-corrected chi connectivity index (χ2v) is 8.76. The van der Waals surface area contributed by atoms with Gasteiger partial charge < -0.3 is 10.1 Å². The third-order valence-corrected chi connectivity index (χ3v) is 7.19. The number of para-hydroxylation sites is 2. The van der Waals surface area contributed by atoms with E-state index >= 15 is 0 Å². The number of carbonyl (C=O) groups is 1. The number of alkyl halides is 2. The third-order valence-electron chi connectivity index (χ3n) is 6.07. The van der Waals surface area contributed by atoms with Gasteiger partial charge in [-0.15, -0.1) is 23.2 Å². The smallest absolute Gasteiger partial charge is 0.228 e. The normalized spacial score (nSPS) is 35.7. The van der Waals surface area contributed by atoms with Gasteiger partial charge in [0.2, 0.25) is 5.91 Å². The zero-order valence-corrected chi connectivity index (χ0v) is 15.3. The highest BCUT2D eigenvalue weighted by atomic mass is 35.5. The van der Waals surface area contributed by atoms with Gasteiger partial charge in [-0.1, -0.05) is 12.1 Å². The van der Waals surface area contributed by atoms with Crippen molar-refractivity contribution in [1.82, 2.24) is 0 Å². The lowest BCUT2D eigenvalue weighted by Gasteiger charge is -2.11. The minimum absolute atomic E-state index is 0.135. The molecule has 1 amide bonds. The van der Waals surface area contributed by atoms with Gasteiger partial charge in [-0.2, -0.15) is 0 Å². The zero-order valence-electron chi connectivity index (χ0n) is 13.8. The fourth-order valence-corrected chi connectivity index (χ4v) is 5.60. The van der Waals surface area contributed by atoms with Crippen LogP contribution in [0.15, 0.2) is 24.3 Å². The maximum Gasteiger partial charge on any atom is 0.228 e. The number of carbonyl (C=O) groups excluding carboxylic acids is 1. The molecular weight excluding hydrogens is 345 g/mol. The molecule has 0 radical (unpaired) electrons. The number of hydrogen-bond donors (Lipinski definition) is 1. The molecule has 3 aliphatic carbocycles. The summed E-state index contributed by atoms with van der Waals surface area (Å²) < 4.78 is 5.10. The fraction of sp³-hybridized carbons (Fsp3) is 0.632. The number of benzene rings is 1. The second-order valence-electron chi connectivity index (χ2n) is 7.31. The Labute approximate surface area is 153 Å². The number of hydrogen-bond acceptors (Lipinski definition) is 2. The van der Waals surface area contributed by atoms with E-state index in [1.165, 1.54) is 0 Å². The van der Waals surface area contributed by atoms with Crippen LogP contribution in [0.1, 0.15) is 32.6 Å². The first-order valence-electron chi connectivity index (χ1n) is 8.94. The van der Waals surface area contributed by atoms with E-state index in [9.17, 15) is 4.79 Å². The molecule has 5 heteroatoms. The summed E-state index contributed by atoms with van der Waals surface area (Å²) in [5.41, 5.74) is 0.770. The molecule has 1 N–H and O–H groups in total. The molecule has 0 spiro atoms. The van der Waals surface area contributed by atoms with Crippen molar-refractivity contribution in [1.29, 1.82) is 0 Å². The fourth-order valence-electron chi connectivity index (χ4n) is 4.68. The molecule has 0 saturated heterocycles. The Kier molecular flexibility index (Phi) is 4.20. The number of nitrogens with one attached hydrogen (secondary N) is 1. The van der Waals surface area contributed by atoms with Crippen LogP contribution in [0.3, 0.4) is 0 Å². The van der Waals surface area contributed by atoms with E-state index in [0.29, 0.717) is 30.3 Å². The molecule has 24 heavy (non-hydrogen) atoms. The van der Waals surface area contributed by atoms with Crippen molar-refractivity contribution in [2.45, 2.75) is 36.9 Å². The van der Waals surface area contributed by atoms with E-state index in [2.05, 4.69) is 5.32 Å². The quantitative estimate of drug-likeness (QED) is 0.770. The van der Waals surface area contributed by atoms with Crippen LogP contribution in [-0.4, -0.2) is 16.8 Å². The van der Waals surface area contributed by atoms with E-state index < -0.39 is 4.33 Å². The average molecular weight is 368 g/mol. The number of halogens is 2. The van der Waals surface area contributed by atoms with Crippen LogP contribution < -0.4 is 10.1 Å². The third kappa shape index (κ3) is 2.80. The lowest BCUT2D eigenvalue weighted by molar-refractivity contribution is -0.117. The largest absolute Gasteiger partial charge is 0.492 e. The zero-order chi connectivity index (χ0) is 16.9. The Morgan fingerprint density at radius 3 is 2.42 bits per heavy atom. The van der Waals surface area contributed by atoms with Gasteiger partial charge in [0.15, 0.2) is 0 Å². The molecule has 0 aromatic heterocycles. The van der Waals surface area contributed by atoms with Gasteiger partial charge in [0.25, 0.3) is 0 Å². The minimum Gasteiger partial charge on any atom is -0.492 e. The van der Waals surface area contributed by atoms with E-state index in [1.807, 2.05) is 31.2 Å². The van der Waals surface area contributed by atoms with Gasteiger partial charge in [0, 0.05) is 5.92 Å². The van der Waals surface area contributed by atoms with Crippen LogP contribution in [0, 0.1) is 29.6 Å². The number of fused-ring (bicyclic) bond motifs is 2. The molecule has 4 rings (SSSR count). The topological polar surface area (TPSA) is 38.3 Å². The molecule has 1 aromatic carbocycles. The van der Waals surface area contributed by atoms with Gasteiger partial charge in [-0.3, -0.25) is 4.79 Å². The monoisotopic (exact) mass is 367 g/mol. The van der Waals surface area contributed by atoms with Crippen LogP contribution in [0.25, 0.3) is 0 Å². The van der Waals surface area contributed by atoms with E-state index in [4.69, 9.17) is 27.9 Å². The predicted molar refractivity (Wildman–Crippen MR) is 96.6 cm³/mol. The van der Waals surface area contributed by atoms with Crippen molar-refractivity contribution < 1.29 is 9.53 Å². The summed E-state index contributed by atoms with van der Waals surface area (Å²) in [4.78, 5) is 12.7. The maximum atomic E-state index is 12.7. The molecule has 0 heterocycles. The molecule has 3 saturated carbocycles. The van der Waals surface area contributed by atoms with Crippen molar-refractivity contribution in [2.24, 2.45) is 29.6 Å². The summed E-state index contributed by atoms with van der Waals surface area (Å²) in [5, 5.41) is 3.08. The number of ether oxygens (including phenoxy) is 1. The first-order valence-corrected chi connectivity index (χ1v) is 9.70. The molecule has 3 fully saturated rings. The minimum atomic E-state index is -0.495. The lowest BCUT2D eigenvalue weighted by atomic mass is 10.0. The van der Waals surface area contributed by atoms with Gasteiger partial charge in [0.1, 0.15) is 10.1 Å². The Morgan fingerprint density at radius 2 is 1.79 bits per heavy atom. The second kappa shape index (κ2) is 6.10. The van der Waals surface area contributed by atoms with Gasteiger partial charge in [-0.05, 0) is 68.4 Å². The summed E-state index contributed by atoms with van der Waals surface area (Å²) in [6.07, 6.45) is 4.24. The summed E-state index contributed by atoms with van der Waals surface area (Å²) in [6.45, 7) is 2.53. The van der Waals surface area contributed by atoms with E-state index in [1.54, 1.807) is 0 Å². The van der Waals surface area contributed by atoms with Crippen molar-refractivity contribution in [3.05, 3.63) is 24.3 Å². The van der Waals surface area contributed by atoms with Crippen LogP contribution in [-0.2, 0) is 4.79 Å². The number of anilines is 1. The predicted octanol–water partition coefficient (Wildman–Crippen LogP) is 4.88. The summed E-state index contributed by atoms with van der Waals surface area (Å²) in [5.74, 6) is 2.87. The van der Waals surface area contributed by atoms with Crippen molar-refractivity contribution in [2.75, 3.05) is 11.9 Å². The van der Waals surface area contributed by atoms with Crippen molar-refractivity contribution in [3.63, 3.8) is 0 Å². The lowest BCUT2D eigenvalue weighted by Crippen LogP contribution is -2.16. The summed E-state index contributed by atoms with van der Waals surface area (Å²) in [6, 6.07) is 7.63. The Bertz CT molecular complexity index is 626. The first-order chi connectivity index (χ1) is 11.5. The van der Waals surface area contributed by atoms with Crippen LogP contribution in [0.2, 0.25) is 0 Å². The van der Waals surface area contributed by atoms with Gasteiger partial charge in [0.05, 0.1) is 12.3 Å². The molecule has 130 valence electrons. The van der Waals surface area contributed by atoms with Crippen LogP contribution in [0.4, 0.5) is 5.69 Å². The summed E-state index contributed by atoms with van der Waals surface area (Å²) in [7, 11) is 0. The van der Waals surface area contributed by atoms with Crippen molar-refractivity contribution >= 4 is 34.8 Å². The maximum absolute atomic E-state index is 12.7. The van der Waals surface area contributed by atoms with Crippen molar-refractivity contribution in [3.8, 4) is 5.75 Å². The molecule has 0 unspecified atom stereocenters. The summed E-state index contributed by atoms with van der Waals surface area (Å²) >= 11 is 12.7. The molecule has 1 aromatic rings. The standard InChI is InChI=1S/C19H23Cl2NO2/c1-2-24-16-6-4-3-5-15(16)22-18(23)17-11-7-9-13-14(19(13,20)21)10-8-12(11)17/h3-6,11-14,17H,2,7-10H2,1H3,(H,22,23)/t11-,12-,13-,14-/m1/s1. The number of amides is 1. The Morgan fingerprint density at radius 1 is 1.17 bits per heavy atom. The average Bonchev–Trinajstić information content (AvgIpc) is 3.34. The molecule has 0 bridgehead atoms.